The molecule has 0 fully saturated rings. The number of aromatic nitrogens is 2. The Hall–Kier alpha value is -1.74. The SMILES string of the molecule is Cc1ccc(-n2nc(OCC3=CCC3)cc2C)cc1Cl. The van der Waals surface area contributed by atoms with Gasteiger partial charge >= 0.3 is 0 Å². The lowest BCUT2D eigenvalue weighted by Crippen LogP contribution is -2.07. The minimum Gasteiger partial charge on any atom is -0.472 e. The Labute approximate surface area is 123 Å². The van der Waals surface area contributed by atoms with E-state index in [9.17, 15) is 0 Å². The van der Waals surface area contributed by atoms with Crippen molar-refractivity contribution in [1.82, 2.24) is 9.78 Å². The van der Waals surface area contributed by atoms with Gasteiger partial charge in [-0.15, -0.1) is 5.10 Å². The number of allylic oxidation sites excluding steroid dienone is 1. The van der Waals surface area contributed by atoms with Gasteiger partial charge in [0.15, 0.2) is 0 Å². The topological polar surface area (TPSA) is 27.1 Å². The van der Waals surface area contributed by atoms with Gasteiger partial charge in [0.25, 0.3) is 0 Å². The Balaban J connectivity index is 1.82. The van der Waals surface area contributed by atoms with Crippen molar-refractivity contribution in [3.63, 3.8) is 0 Å². The van der Waals surface area contributed by atoms with E-state index in [0.717, 1.165) is 28.4 Å². The van der Waals surface area contributed by atoms with Crippen LogP contribution < -0.4 is 4.74 Å². The standard InChI is InChI=1S/C16H17ClN2O/c1-11-6-7-14(9-15(11)17)19-12(2)8-16(18-19)20-10-13-4-3-5-13/h4,6-9H,3,5,10H2,1-2H3. The van der Waals surface area contributed by atoms with Crippen molar-refractivity contribution in [2.45, 2.75) is 26.7 Å². The number of ether oxygens (including phenoxy) is 1. The summed E-state index contributed by atoms with van der Waals surface area (Å²) in [5, 5.41) is 5.24. The summed E-state index contributed by atoms with van der Waals surface area (Å²) in [6, 6.07) is 7.89. The van der Waals surface area contributed by atoms with Crippen molar-refractivity contribution in [2.24, 2.45) is 0 Å². The van der Waals surface area contributed by atoms with E-state index in [4.69, 9.17) is 16.3 Å². The highest BCUT2D eigenvalue weighted by Gasteiger charge is 2.11. The quantitative estimate of drug-likeness (QED) is 0.787. The van der Waals surface area contributed by atoms with Gasteiger partial charge in [-0.05, 0) is 50.0 Å². The molecule has 0 aliphatic heterocycles. The molecular formula is C16H17ClN2O. The van der Waals surface area contributed by atoms with Crippen molar-refractivity contribution in [3.05, 3.63) is 52.2 Å². The summed E-state index contributed by atoms with van der Waals surface area (Å²) in [6.07, 6.45) is 4.53. The molecule has 1 heterocycles. The van der Waals surface area contributed by atoms with Crippen LogP contribution in [0, 0.1) is 13.8 Å². The molecule has 3 nitrogen and oxygen atoms in total. The van der Waals surface area contributed by atoms with Crippen molar-refractivity contribution in [1.29, 1.82) is 0 Å². The van der Waals surface area contributed by atoms with Crippen LogP contribution in [0.2, 0.25) is 5.02 Å². The maximum atomic E-state index is 6.17. The van der Waals surface area contributed by atoms with Crippen LogP contribution in [0.5, 0.6) is 5.88 Å². The molecule has 4 heteroatoms. The lowest BCUT2D eigenvalue weighted by Gasteiger charge is -2.13. The van der Waals surface area contributed by atoms with Crippen LogP contribution in [0.4, 0.5) is 0 Å². The van der Waals surface area contributed by atoms with E-state index in [1.807, 2.05) is 42.8 Å². The predicted octanol–water partition coefficient (Wildman–Crippen LogP) is 4.24. The Morgan fingerprint density at radius 1 is 1.30 bits per heavy atom. The second-order valence-electron chi connectivity index (χ2n) is 5.16. The van der Waals surface area contributed by atoms with Gasteiger partial charge in [0, 0.05) is 16.8 Å². The Morgan fingerprint density at radius 2 is 2.10 bits per heavy atom. The molecule has 104 valence electrons. The lowest BCUT2D eigenvalue weighted by molar-refractivity contribution is 0.326. The molecule has 0 saturated carbocycles. The molecule has 2 aromatic rings. The summed E-state index contributed by atoms with van der Waals surface area (Å²) < 4.78 is 7.57. The van der Waals surface area contributed by atoms with E-state index in [1.165, 1.54) is 12.0 Å². The monoisotopic (exact) mass is 288 g/mol. The van der Waals surface area contributed by atoms with Crippen LogP contribution in [-0.4, -0.2) is 16.4 Å². The molecule has 3 rings (SSSR count). The highest BCUT2D eigenvalue weighted by atomic mass is 35.5. The summed E-state index contributed by atoms with van der Waals surface area (Å²) in [5.74, 6) is 0.659. The zero-order valence-corrected chi connectivity index (χ0v) is 12.4. The van der Waals surface area contributed by atoms with Gasteiger partial charge in [0.2, 0.25) is 5.88 Å². The van der Waals surface area contributed by atoms with Crippen LogP contribution in [-0.2, 0) is 0 Å². The summed E-state index contributed by atoms with van der Waals surface area (Å²) in [7, 11) is 0. The minimum absolute atomic E-state index is 0.644. The molecule has 0 atom stereocenters. The van der Waals surface area contributed by atoms with Gasteiger partial charge in [-0.1, -0.05) is 23.7 Å². The molecule has 0 unspecified atom stereocenters. The minimum atomic E-state index is 0.644. The van der Waals surface area contributed by atoms with Crippen molar-refractivity contribution >= 4 is 11.6 Å². The van der Waals surface area contributed by atoms with Crippen LogP contribution in [0.3, 0.4) is 0 Å². The molecule has 1 aliphatic rings. The van der Waals surface area contributed by atoms with Crippen LogP contribution in [0.15, 0.2) is 35.9 Å². The molecule has 0 bridgehead atoms. The van der Waals surface area contributed by atoms with Gasteiger partial charge in [0.05, 0.1) is 5.69 Å². The molecule has 0 radical (unpaired) electrons. The molecule has 1 aromatic heterocycles. The molecule has 20 heavy (non-hydrogen) atoms. The maximum Gasteiger partial charge on any atom is 0.233 e. The van der Waals surface area contributed by atoms with E-state index >= 15 is 0 Å². The van der Waals surface area contributed by atoms with Gasteiger partial charge < -0.3 is 4.74 Å². The number of aryl methyl sites for hydroxylation is 2. The second-order valence-corrected chi connectivity index (χ2v) is 5.57. The number of benzene rings is 1. The molecule has 1 aliphatic carbocycles. The first-order valence-electron chi connectivity index (χ1n) is 6.77. The van der Waals surface area contributed by atoms with E-state index in [-0.39, 0.29) is 0 Å². The van der Waals surface area contributed by atoms with Crippen LogP contribution in [0.25, 0.3) is 5.69 Å². The molecule has 1 aromatic carbocycles. The fraction of sp³-hybridized carbons (Fsp3) is 0.312. The summed E-state index contributed by atoms with van der Waals surface area (Å²) >= 11 is 6.17. The number of hydrogen-bond donors (Lipinski definition) is 0. The van der Waals surface area contributed by atoms with Crippen molar-refractivity contribution in [3.8, 4) is 11.6 Å². The van der Waals surface area contributed by atoms with E-state index in [1.54, 1.807) is 0 Å². The molecule has 0 saturated heterocycles. The average molecular weight is 289 g/mol. The fourth-order valence-corrected chi connectivity index (χ4v) is 2.31. The van der Waals surface area contributed by atoms with Crippen LogP contribution in [0.1, 0.15) is 24.1 Å². The number of halogens is 1. The number of hydrogen-bond acceptors (Lipinski definition) is 2. The van der Waals surface area contributed by atoms with Crippen LogP contribution >= 0.6 is 11.6 Å². The van der Waals surface area contributed by atoms with Gasteiger partial charge in [-0.3, -0.25) is 0 Å². The zero-order valence-electron chi connectivity index (χ0n) is 11.7. The first-order valence-corrected chi connectivity index (χ1v) is 7.15. The van der Waals surface area contributed by atoms with Crippen molar-refractivity contribution < 1.29 is 4.74 Å². The molecule has 0 amide bonds. The molecule has 0 spiro atoms. The zero-order chi connectivity index (χ0) is 14.1. The molecular weight excluding hydrogens is 272 g/mol. The number of rotatable bonds is 4. The van der Waals surface area contributed by atoms with Gasteiger partial charge in [-0.2, -0.15) is 0 Å². The van der Waals surface area contributed by atoms with Gasteiger partial charge in [-0.25, -0.2) is 4.68 Å². The smallest absolute Gasteiger partial charge is 0.233 e. The largest absolute Gasteiger partial charge is 0.472 e. The van der Waals surface area contributed by atoms with Gasteiger partial charge in [0.1, 0.15) is 6.61 Å². The Bertz CT molecular complexity index is 673. The first kappa shape index (κ1) is 13.3. The summed E-state index contributed by atoms with van der Waals surface area (Å²) in [6.45, 7) is 4.64. The third-order valence-electron chi connectivity index (χ3n) is 3.57. The lowest BCUT2D eigenvalue weighted by atomic mass is 10.0. The fourth-order valence-electron chi connectivity index (χ4n) is 2.14. The van der Waals surface area contributed by atoms with Crippen molar-refractivity contribution in [2.75, 3.05) is 6.61 Å². The van der Waals surface area contributed by atoms with E-state index in [2.05, 4.69) is 11.2 Å². The highest BCUT2D eigenvalue weighted by molar-refractivity contribution is 6.31. The summed E-state index contributed by atoms with van der Waals surface area (Å²) in [5.41, 5.74) is 4.41. The summed E-state index contributed by atoms with van der Waals surface area (Å²) in [4.78, 5) is 0. The molecule has 0 N–H and O–H groups in total. The highest BCUT2D eigenvalue weighted by Crippen LogP contribution is 2.23. The normalized spacial score (nSPS) is 13.8. The third-order valence-corrected chi connectivity index (χ3v) is 3.98. The Morgan fingerprint density at radius 3 is 2.75 bits per heavy atom. The Kier molecular flexibility index (Phi) is 3.53. The predicted molar refractivity (Wildman–Crippen MR) is 80.9 cm³/mol. The van der Waals surface area contributed by atoms with E-state index < -0.39 is 0 Å². The maximum absolute atomic E-state index is 6.17. The average Bonchev–Trinajstić information content (AvgIpc) is 2.72. The third kappa shape index (κ3) is 2.59. The number of nitrogens with zero attached hydrogens (tertiary/aromatic N) is 2. The second kappa shape index (κ2) is 5.33. The van der Waals surface area contributed by atoms with E-state index in [0.29, 0.717) is 12.5 Å². The first-order chi connectivity index (χ1) is 9.63.